The van der Waals surface area contributed by atoms with E-state index in [2.05, 4.69) is 0 Å². The van der Waals surface area contributed by atoms with E-state index in [0.29, 0.717) is 11.5 Å². The van der Waals surface area contributed by atoms with Crippen LogP contribution in [0.4, 0.5) is 0 Å². The molecular formula is C17H16O3. The number of carbonyl (C=O) groups excluding carboxylic acids is 1. The van der Waals surface area contributed by atoms with Crippen LogP contribution in [0.15, 0.2) is 54.6 Å². The minimum atomic E-state index is 0.668. The first-order chi connectivity index (χ1) is 9.81. The Labute approximate surface area is 118 Å². The fraction of sp³-hybridized carbons (Fsp3) is 0.118. The molecule has 0 radical (unpaired) electrons. The Morgan fingerprint density at radius 3 is 2.00 bits per heavy atom. The van der Waals surface area contributed by atoms with Gasteiger partial charge >= 0.3 is 0 Å². The first-order valence-electron chi connectivity index (χ1n) is 6.24. The van der Waals surface area contributed by atoms with Gasteiger partial charge in [0, 0.05) is 0 Å². The maximum atomic E-state index is 11.0. The molecule has 2 aromatic rings. The molecule has 0 bridgehead atoms. The molecule has 20 heavy (non-hydrogen) atoms. The average Bonchev–Trinajstić information content (AvgIpc) is 2.52. The summed E-state index contributed by atoms with van der Waals surface area (Å²) in [6, 6.07) is 15.2. The Morgan fingerprint density at radius 1 is 0.900 bits per heavy atom. The van der Waals surface area contributed by atoms with Crippen LogP contribution in [0.25, 0.3) is 5.57 Å². The Morgan fingerprint density at radius 2 is 1.50 bits per heavy atom. The van der Waals surface area contributed by atoms with Crippen molar-refractivity contribution in [2.24, 2.45) is 0 Å². The second-order valence-electron chi connectivity index (χ2n) is 4.12. The van der Waals surface area contributed by atoms with Crippen molar-refractivity contribution in [1.82, 2.24) is 0 Å². The van der Waals surface area contributed by atoms with E-state index in [0.717, 1.165) is 23.0 Å². The molecule has 102 valence electrons. The van der Waals surface area contributed by atoms with Crippen LogP contribution >= 0.6 is 0 Å². The normalized spacial score (nSPS) is 11.0. The van der Waals surface area contributed by atoms with Crippen molar-refractivity contribution >= 4 is 11.9 Å². The van der Waals surface area contributed by atoms with Crippen LogP contribution in [0, 0.1) is 0 Å². The van der Waals surface area contributed by atoms with Crippen molar-refractivity contribution in [3.63, 3.8) is 0 Å². The molecular weight excluding hydrogens is 252 g/mol. The zero-order valence-corrected chi connectivity index (χ0v) is 11.5. The molecule has 0 aliphatic heterocycles. The quantitative estimate of drug-likeness (QED) is 0.616. The van der Waals surface area contributed by atoms with Crippen LogP contribution in [0.5, 0.6) is 11.5 Å². The summed E-state index contributed by atoms with van der Waals surface area (Å²) in [5.41, 5.74) is 2.48. The number of methoxy groups -OCH3 is 2. The number of carbonyl (C=O) groups is 1. The molecule has 3 heteroatoms. The molecule has 3 nitrogen and oxygen atoms in total. The number of hydrogen-bond acceptors (Lipinski definition) is 3. The molecule has 0 N–H and O–H groups in total. The molecule has 2 rings (SSSR count). The standard InChI is InChI=1S/C17H16O3/c1-19-15-9-6-10-16(20-2)17(15)14(11-12-18)13-7-4-3-5-8-13/h3-12H,1-2H3/b14-11+. The van der Waals surface area contributed by atoms with Crippen LogP contribution in [0.2, 0.25) is 0 Å². The lowest BCUT2D eigenvalue weighted by Crippen LogP contribution is -1.98. The van der Waals surface area contributed by atoms with Crippen molar-refractivity contribution in [1.29, 1.82) is 0 Å². The summed E-state index contributed by atoms with van der Waals surface area (Å²) < 4.78 is 10.8. The SMILES string of the molecule is COc1cccc(OC)c1/C(=C/C=O)c1ccccc1. The van der Waals surface area contributed by atoms with Crippen LogP contribution in [-0.4, -0.2) is 20.5 Å². The highest BCUT2D eigenvalue weighted by molar-refractivity contribution is 5.93. The Hall–Kier alpha value is -2.55. The molecule has 0 atom stereocenters. The second-order valence-corrected chi connectivity index (χ2v) is 4.12. The number of benzene rings is 2. The van der Waals surface area contributed by atoms with E-state index in [4.69, 9.17) is 9.47 Å². The molecule has 0 aliphatic rings. The summed E-state index contributed by atoms with van der Waals surface area (Å²) in [6.07, 6.45) is 2.30. The topological polar surface area (TPSA) is 35.5 Å². The minimum Gasteiger partial charge on any atom is -0.496 e. The van der Waals surface area contributed by atoms with Gasteiger partial charge in [0.2, 0.25) is 0 Å². The van der Waals surface area contributed by atoms with Crippen LogP contribution < -0.4 is 9.47 Å². The molecule has 0 saturated carbocycles. The van der Waals surface area contributed by atoms with Gasteiger partial charge in [-0.25, -0.2) is 0 Å². The highest BCUT2D eigenvalue weighted by atomic mass is 16.5. The number of hydrogen-bond donors (Lipinski definition) is 0. The summed E-state index contributed by atoms with van der Waals surface area (Å²) in [4.78, 5) is 11.0. The second kappa shape index (κ2) is 6.57. The lowest BCUT2D eigenvalue weighted by molar-refractivity contribution is -0.104. The van der Waals surface area contributed by atoms with Gasteiger partial charge in [-0.1, -0.05) is 36.4 Å². The smallest absolute Gasteiger partial charge is 0.143 e. The van der Waals surface area contributed by atoms with Gasteiger partial charge in [0.05, 0.1) is 19.8 Å². The largest absolute Gasteiger partial charge is 0.496 e. The molecule has 2 aromatic carbocycles. The number of aldehydes is 1. The van der Waals surface area contributed by atoms with Gasteiger partial charge in [-0.05, 0) is 29.3 Å². The third kappa shape index (κ3) is 2.72. The molecule has 0 unspecified atom stereocenters. The van der Waals surface area contributed by atoms with E-state index >= 15 is 0 Å². The van der Waals surface area contributed by atoms with E-state index < -0.39 is 0 Å². The van der Waals surface area contributed by atoms with Gasteiger partial charge in [0.1, 0.15) is 17.8 Å². The minimum absolute atomic E-state index is 0.668. The van der Waals surface area contributed by atoms with Gasteiger partial charge < -0.3 is 9.47 Å². The molecule has 0 spiro atoms. The van der Waals surface area contributed by atoms with Crippen molar-refractivity contribution in [2.45, 2.75) is 0 Å². The van der Waals surface area contributed by atoms with Crippen LogP contribution in [-0.2, 0) is 4.79 Å². The highest BCUT2D eigenvalue weighted by Gasteiger charge is 2.15. The predicted octanol–water partition coefficient (Wildman–Crippen LogP) is 3.33. The van der Waals surface area contributed by atoms with Crippen molar-refractivity contribution in [2.75, 3.05) is 14.2 Å². The molecule has 0 amide bonds. The van der Waals surface area contributed by atoms with Gasteiger partial charge in [0.25, 0.3) is 0 Å². The molecule has 0 aromatic heterocycles. The number of rotatable bonds is 5. The molecule has 0 aliphatic carbocycles. The summed E-state index contributed by atoms with van der Waals surface area (Å²) in [7, 11) is 3.20. The maximum absolute atomic E-state index is 11.0. The Kier molecular flexibility index (Phi) is 4.56. The van der Waals surface area contributed by atoms with Gasteiger partial charge in [-0.3, -0.25) is 4.79 Å². The lowest BCUT2D eigenvalue weighted by atomic mass is 9.96. The van der Waals surface area contributed by atoms with E-state index in [1.54, 1.807) is 14.2 Å². The van der Waals surface area contributed by atoms with Crippen LogP contribution in [0.3, 0.4) is 0 Å². The van der Waals surface area contributed by atoms with Crippen molar-refractivity contribution in [3.05, 3.63) is 65.7 Å². The van der Waals surface area contributed by atoms with Crippen LogP contribution in [0.1, 0.15) is 11.1 Å². The summed E-state index contributed by atoms with van der Waals surface area (Å²) >= 11 is 0. The predicted molar refractivity (Wildman–Crippen MR) is 79.1 cm³/mol. The van der Waals surface area contributed by atoms with Crippen molar-refractivity contribution < 1.29 is 14.3 Å². The van der Waals surface area contributed by atoms with E-state index in [-0.39, 0.29) is 0 Å². The zero-order valence-electron chi connectivity index (χ0n) is 11.5. The third-order valence-electron chi connectivity index (χ3n) is 3.02. The summed E-state index contributed by atoms with van der Waals surface area (Å²) in [5.74, 6) is 1.34. The first-order valence-corrected chi connectivity index (χ1v) is 6.24. The van der Waals surface area contributed by atoms with Gasteiger partial charge in [0.15, 0.2) is 0 Å². The number of allylic oxidation sites excluding steroid dienone is 1. The third-order valence-corrected chi connectivity index (χ3v) is 3.02. The van der Waals surface area contributed by atoms with Crippen molar-refractivity contribution in [3.8, 4) is 11.5 Å². The van der Waals surface area contributed by atoms with E-state index in [1.165, 1.54) is 6.08 Å². The summed E-state index contributed by atoms with van der Waals surface area (Å²) in [6.45, 7) is 0. The fourth-order valence-electron chi connectivity index (χ4n) is 2.13. The summed E-state index contributed by atoms with van der Waals surface area (Å²) in [5, 5.41) is 0. The van der Waals surface area contributed by atoms with Gasteiger partial charge in [-0.2, -0.15) is 0 Å². The Bertz CT molecular complexity index is 593. The number of ether oxygens (including phenoxy) is 2. The molecule has 0 fully saturated rings. The highest BCUT2D eigenvalue weighted by Crippen LogP contribution is 2.37. The van der Waals surface area contributed by atoms with E-state index in [1.807, 2.05) is 48.5 Å². The van der Waals surface area contributed by atoms with E-state index in [9.17, 15) is 4.79 Å². The lowest BCUT2D eigenvalue weighted by Gasteiger charge is -2.15. The fourth-order valence-corrected chi connectivity index (χ4v) is 2.13. The first kappa shape index (κ1) is 13.9. The monoisotopic (exact) mass is 268 g/mol. The van der Waals surface area contributed by atoms with Gasteiger partial charge in [-0.15, -0.1) is 0 Å². The maximum Gasteiger partial charge on any atom is 0.143 e. The molecule has 0 heterocycles. The Balaban J connectivity index is 2.67. The molecule has 0 saturated heterocycles. The average molecular weight is 268 g/mol. The zero-order chi connectivity index (χ0) is 14.4.